The Balaban J connectivity index is 1.75. The number of nitrogens with zero attached hydrogens (tertiary/aromatic N) is 3. The van der Waals surface area contributed by atoms with E-state index in [0.29, 0.717) is 6.04 Å². The van der Waals surface area contributed by atoms with Crippen LogP contribution in [0.5, 0.6) is 0 Å². The van der Waals surface area contributed by atoms with Crippen LogP contribution >= 0.6 is 0 Å². The molecule has 0 radical (unpaired) electrons. The summed E-state index contributed by atoms with van der Waals surface area (Å²) in [7, 11) is 2.03. The first-order chi connectivity index (χ1) is 9.65. The molecule has 5 heteroatoms. The first kappa shape index (κ1) is 15.2. The molecule has 0 spiro atoms. The third-order valence-corrected chi connectivity index (χ3v) is 3.38. The van der Waals surface area contributed by atoms with Crippen LogP contribution in [0.4, 0.5) is 5.82 Å². The Bertz CT molecular complexity index is 407. The minimum absolute atomic E-state index is 0.453. The van der Waals surface area contributed by atoms with Crippen molar-refractivity contribution in [3.8, 4) is 0 Å². The van der Waals surface area contributed by atoms with Gasteiger partial charge >= 0.3 is 0 Å². The van der Waals surface area contributed by atoms with Crippen molar-refractivity contribution in [2.75, 3.05) is 31.7 Å². The van der Waals surface area contributed by atoms with E-state index in [9.17, 15) is 0 Å². The molecule has 5 nitrogen and oxygen atoms in total. The SMILES string of the molecule is CC(C)NCc1cncc(N(C)CCOCC2CC2)n1. The fraction of sp³-hybridized carbons (Fsp3) is 0.733. The largest absolute Gasteiger partial charge is 0.379 e. The number of nitrogens with one attached hydrogen (secondary N) is 1. The van der Waals surface area contributed by atoms with Gasteiger partial charge in [0.05, 0.1) is 18.5 Å². The summed E-state index contributed by atoms with van der Waals surface area (Å²) >= 11 is 0. The number of hydrogen-bond acceptors (Lipinski definition) is 5. The lowest BCUT2D eigenvalue weighted by atomic mass is 10.3. The van der Waals surface area contributed by atoms with Crippen molar-refractivity contribution in [2.24, 2.45) is 5.92 Å². The van der Waals surface area contributed by atoms with Crippen LogP contribution in [0.25, 0.3) is 0 Å². The third-order valence-electron chi connectivity index (χ3n) is 3.38. The van der Waals surface area contributed by atoms with Gasteiger partial charge < -0.3 is 15.0 Å². The average molecular weight is 278 g/mol. The minimum Gasteiger partial charge on any atom is -0.379 e. The van der Waals surface area contributed by atoms with Crippen LogP contribution in [0.15, 0.2) is 12.4 Å². The molecule has 1 saturated carbocycles. The summed E-state index contributed by atoms with van der Waals surface area (Å²) in [5.74, 6) is 1.73. The summed E-state index contributed by atoms with van der Waals surface area (Å²) in [5.41, 5.74) is 0.974. The Labute approximate surface area is 121 Å². The van der Waals surface area contributed by atoms with Crippen molar-refractivity contribution in [1.82, 2.24) is 15.3 Å². The van der Waals surface area contributed by atoms with Gasteiger partial charge in [0.25, 0.3) is 0 Å². The zero-order valence-corrected chi connectivity index (χ0v) is 12.8. The summed E-state index contributed by atoms with van der Waals surface area (Å²) in [5, 5.41) is 3.35. The van der Waals surface area contributed by atoms with E-state index in [1.54, 1.807) is 6.20 Å². The molecule has 2 rings (SSSR count). The van der Waals surface area contributed by atoms with Gasteiger partial charge in [0, 0.05) is 39.0 Å². The van der Waals surface area contributed by atoms with Crippen molar-refractivity contribution < 1.29 is 4.74 Å². The maximum absolute atomic E-state index is 5.66. The van der Waals surface area contributed by atoms with Gasteiger partial charge in [-0.25, -0.2) is 4.98 Å². The topological polar surface area (TPSA) is 50.3 Å². The summed E-state index contributed by atoms with van der Waals surface area (Å²) in [4.78, 5) is 11.0. The van der Waals surface area contributed by atoms with Gasteiger partial charge in [-0.2, -0.15) is 0 Å². The third kappa shape index (κ3) is 5.43. The predicted octanol–water partition coefficient (Wildman–Crippen LogP) is 1.84. The molecule has 1 aromatic rings. The van der Waals surface area contributed by atoms with Crippen LogP contribution in [-0.4, -0.2) is 42.8 Å². The Morgan fingerprint density at radius 2 is 2.20 bits per heavy atom. The molecule has 0 aromatic carbocycles. The maximum Gasteiger partial charge on any atom is 0.147 e. The van der Waals surface area contributed by atoms with Crippen LogP contribution in [0.1, 0.15) is 32.4 Å². The number of aromatic nitrogens is 2. The summed E-state index contributed by atoms with van der Waals surface area (Å²) < 4.78 is 5.66. The van der Waals surface area contributed by atoms with Gasteiger partial charge in [-0.05, 0) is 18.8 Å². The zero-order chi connectivity index (χ0) is 14.4. The van der Waals surface area contributed by atoms with Gasteiger partial charge in [0.1, 0.15) is 5.82 Å². The highest BCUT2D eigenvalue weighted by molar-refractivity contribution is 5.34. The molecule has 0 atom stereocenters. The van der Waals surface area contributed by atoms with Gasteiger partial charge in [0.15, 0.2) is 0 Å². The molecule has 20 heavy (non-hydrogen) atoms. The lowest BCUT2D eigenvalue weighted by Gasteiger charge is -2.18. The van der Waals surface area contributed by atoms with Crippen molar-refractivity contribution in [1.29, 1.82) is 0 Å². The normalized spacial score (nSPS) is 14.8. The molecule has 1 fully saturated rings. The van der Waals surface area contributed by atoms with Gasteiger partial charge in [0.2, 0.25) is 0 Å². The van der Waals surface area contributed by atoms with Crippen molar-refractivity contribution >= 4 is 5.82 Å². The Morgan fingerprint density at radius 1 is 1.40 bits per heavy atom. The minimum atomic E-state index is 0.453. The molecule has 0 amide bonds. The first-order valence-corrected chi connectivity index (χ1v) is 7.48. The summed E-state index contributed by atoms with van der Waals surface area (Å²) in [6, 6.07) is 0.453. The molecule has 1 aromatic heterocycles. The standard InChI is InChI=1S/C15H26N4O/c1-12(2)17-9-14-8-16-10-15(18-14)19(3)6-7-20-11-13-4-5-13/h8,10,12-13,17H,4-7,9,11H2,1-3H3. The molecule has 0 aliphatic heterocycles. The van der Waals surface area contributed by atoms with E-state index >= 15 is 0 Å². The molecule has 0 unspecified atom stereocenters. The number of ether oxygens (including phenoxy) is 1. The first-order valence-electron chi connectivity index (χ1n) is 7.48. The highest BCUT2D eigenvalue weighted by atomic mass is 16.5. The lowest BCUT2D eigenvalue weighted by Crippen LogP contribution is -2.26. The Kier molecular flexibility index (Phi) is 5.73. The van der Waals surface area contributed by atoms with E-state index in [1.807, 2.05) is 13.2 Å². The van der Waals surface area contributed by atoms with E-state index in [1.165, 1.54) is 12.8 Å². The van der Waals surface area contributed by atoms with E-state index in [4.69, 9.17) is 4.74 Å². The fourth-order valence-electron chi connectivity index (χ4n) is 1.82. The quantitative estimate of drug-likeness (QED) is 0.699. The predicted molar refractivity (Wildman–Crippen MR) is 80.8 cm³/mol. The molecular formula is C15H26N4O. The monoisotopic (exact) mass is 278 g/mol. The molecule has 1 aliphatic carbocycles. The molecule has 0 saturated heterocycles. The van der Waals surface area contributed by atoms with Crippen molar-refractivity contribution in [2.45, 2.75) is 39.3 Å². The number of likely N-dealkylation sites (N-methyl/N-ethyl adjacent to an activating group) is 1. The molecular weight excluding hydrogens is 252 g/mol. The van der Waals surface area contributed by atoms with Crippen molar-refractivity contribution in [3.63, 3.8) is 0 Å². The second kappa shape index (κ2) is 7.55. The molecule has 1 heterocycles. The van der Waals surface area contributed by atoms with Crippen LogP contribution in [0, 0.1) is 5.92 Å². The van der Waals surface area contributed by atoms with Crippen molar-refractivity contribution in [3.05, 3.63) is 18.1 Å². The van der Waals surface area contributed by atoms with E-state index in [0.717, 1.165) is 43.7 Å². The Morgan fingerprint density at radius 3 is 2.90 bits per heavy atom. The van der Waals surface area contributed by atoms with Crippen LogP contribution in [0.2, 0.25) is 0 Å². The van der Waals surface area contributed by atoms with Gasteiger partial charge in [-0.1, -0.05) is 13.8 Å². The molecule has 1 aliphatic rings. The number of anilines is 1. The number of hydrogen-bond donors (Lipinski definition) is 1. The van der Waals surface area contributed by atoms with E-state index in [-0.39, 0.29) is 0 Å². The maximum atomic E-state index is 5.66. The lowest BCUT2D eigenvalue weighted by molar-refractivity contribution is 0.130. The summed E-state index contributed by atoms with van der Waals surface area (Å²) in [6.07, 6.45) is 6.30. The molecule has 0 bridgehead atoms. The molecule has 1 N–H and O–H groups in total. The van der Waals surface area contributed by atoms with E-state index in [2.05, 4.69) is 34.0 Å². The smallest absolute Gasteiger partial charge is 0.147 e. The van der Waals surface area contributed by atoms with Gasteiger partial charge in [-0.3, -0.25) is 4.98 Å². The average Bonchev–Trinajstić information content (AvgIpc) is 3.25. The summed E-state index contributed by atoms with van der Waals surface area (Å²) in [6.45, 7) is 7.52. The highest BCUT2D eigenvalue weighted by Gasteiger charge is 2.21. The fourth-order valence-corrected chi connectivity index (χ4v) is 1.82. The molecule has 112 valence electrons. The zero-order valence-electron chi connectivity index (χ0n) is 12.8. The highest BCUT2D eigenvalue weighted by Crippen LogP contribution is 2.28. The van der Waals surface area contributed by atoms with Crippen LogP contribution in [0.3, 0.4) is 0 Å². The second-order valence-electron chi connectivity index (χ2n) is 5.84. The van der Waals surface area contributed by atoms with Crippen LogP contribution in [-0.2, 0) is 11.3 Å². The van der Waals surface area contributed by atoms with Gasteiger partial charge in [-0.15, -0.1) is 0 Å². The Hall–Kier alpha value is -1.20. The number of rotatable bonds is 9. The van der Waals surface area contributed by atoms with E-state index < -0.39 is 0 Å². The second-order valence-corrected chi connectivity index (χ2v) is 5.84. The van der Waals surface area contributed by atoms with Crippen LogP contribution < -0.4 is 10.2 Å².